The molecule has 3 nitrogen and oxygen atoms in total. The van der Waals surface area contributed by atoms with Crippen LogP contribution in [0.1, 0.15) is 25.7 Å². The Hall–Kier alpha value is -0.940. The van der Waals surface area contributed by atoms with Gasteiger partial charge < -0.3 is 5.32 Å². The van der Waals surface area contributed by atoms with Gasteiger partial charge in [-0.15, -0.1) is 0 Å². The van der Waals surface area contributed by atoms with Crippen LogP contribution in [0.15, 0.2) is 29.2 Å². The second-order valence-electron chi connectivity index (χ2n) is 5.15. The summed E-state index contributed by atoms with van der Waals surface area (Å²) in [4.78, 5) is -0.187. The molecule has 0 aliphatic heterocycles. The number of benzene rings is 1. The maximum absolute atomic E-state index is 13.6. The van der Waals surface area contributed by atoms with Crippen LogP contribution in [0.4, 0.5) is 4.39 Å². The Kier molecular flexibility index (Phi) is 4.58. The van der Waals surface area contributed by atoms with Gasteiger partial charge in [-0.25, -0.2) is 12.8 Å². The minimum absolute atomic E-state index is 0.0326. The zero-order chi connectivity index (χ0) is 13.9. The normalized spacial score (nSPS) is 18.6. The lowest BCUT2D eigenvalue weighted by atomic mass is 10.0. The van der Waals surface area contributed by atoms with Gasteiger partial charge in [-0.2, -0.15) is 0 Å². The minimum Gasteiger partial charge on any atom is -0.316 e. The largest absolute Gasteiger partial charge is 0.316 e. The summed E-state index contributed by atoms with van der Waals surface area (Å²) in [5, 5.41) is 3.09. The fourth-order valence-electron chi connectivity index (χ4n) is 2.84. The van der Waals surface area contributed by atoms with E-state index in [1.165, 1.54) is 18.2 Å². The van der Waals surface area contributed by atoms with Crippen LogP contribution >= 0.6 is 0 Å². The molecule has 106 valence electrons. The van der Waals surface area contributed by atoms with Gasteiger partial charge in [0.2, 0.25) is 0 Å². The first-order valence-corrected chi connectivity index (χ1v) is 8.34. The first-order chi connectivity index (χ1) is 9.04. The van der Waals surface area contributed by atoms with E-state index < -0.39 is 15.7 Å². The van der Waals surface area contributed by atoms with Gasteiger partial charge in [0, 0.05) is 6.04 Å². The molecule has 0 radical (unpaired) electrons. The van der Waals surface area contributed by atoms with Crippen molar-refractivity contribution in [1.82, 2.24) is 5.32 Å². The molecule has 1 aromatic rings. The molecule has 1 aliphatic carbocycles. The summed E-state index contributed by atoms with van der Waals surface area (Å²) < 4.78 is 38.2. The van der Waals surface area contributed by atoms with Crippen LogP contribution < -0.4 is 5.32 Å². The third kappa shape index (κ3) is 3.34. The first kappa shape index (κ1) is 14.5. The van der Waals surface area contributed by atoms with Gasteiger partial charge in [0.1, 0.15) is 10.7 Å². The van der Waals surface area contributed by atoms with Crippen molar-refractivity contribution in [2.45, 2.75) is 36.6 Å². The summed E-state index contributed by atoms with van der Waals surface area (Å²) in [5.74, 6) is -0.315. The minimum atomic E-state index is -3.58. The monoisotopic (exact) mass is 285 g/mol. The molecular weight excluding hydrogens is 265 g/mol. The van der Waals surface area contributed by atoms with Gasteiger partial charge in [0.15, 0.2) is 9.84 Å². The van der Waals surface area contributed by atoms with Crippen molar-refractivity contribution >= 4 is 9.84 Å². The Bertz CT molecular complexity index is 524. The molecule has 0 bridgehead atoms. The molecule has 5 heteroatoms. The summed E-state index contributed by atoms with van der Waals surface area (Å²) in [5.41, 5.74) is 0. The molecule has 19 heavy (non-hydrogen) atoms. The van der Waals surface area contributed by atoms with E-state index in [1.54, 1.807) is 13.1 Å². The van der Waals surface area contributed by atoms with E-state index in [4.69, 9.17) is 0 Å². The summed E-state index contributed by atoms with van der Waals surface area (Å²) in [7, 11) is -1.80. The molecule has 0 saturated heterocycles. The van der Waals surface area contributed by atoms with Crippen molar-refractivity contribution in [2.24, 2.45) is 5.92 Å². The molecule has 0 aromatic heterocycles. The summed E-state index contributed by atoms with van der Waals surface area (Å²) in [6.07, 6.45) is 4.42. The molecule has 1 unspecified atom stereocenters. The lowest BCUT2D eigenvalue weighted by Gasteiger charge is -2.22. The second kappa shape index (κ2) is 6.01. The quantitative estimate of drug-likeness (QED) is 0.903. The predicted octanol–water partition coefficient (Wildman–Crippen LogP) is 2.38. The molecule has 2 rings (SSSR count). The molecule has 1 atom stereocenters. The van der Waals surface area contributed by atoms with Crippen LogP contribution in [0.3, 0.4) is 0 Å². The van der Waals surface area contributed by atoms with E-state index in [-0.39, 0.29) is 16.7 Å². The fraction of sp³-hybridized carbons (Fsp3) is 0.571. The van der Waals surface area contributed by atoms with E-state index in [9.17, 15) is 12.8 Å². The van der Waals surface area contributed by atoms with E-state index in [2.05, 4.69) is 5.32 Å². The Labute approximate surface area is 114 Å². The Morgan fingerprint density at radius 1 is 1.32 bits per heavy atom. The van der Waals surface area contributed by atoms with Crippen molar-refractivity contribution < 1.29 is 12.8 Å². The topological polar surface area (TPSA) is 46.2 Å². The molecule has 1 N–H and O–H groups in total. The van der Waals surface area contributed by atoms with Crippen LogP contribution in [-0.4, -0.2) is 27.3 Å². The number of sulfone groups is 1. The van der Waals surface area contributed by atoms with E-state index in [0.29, 0.717) is 5.92 Å². The van der Waals surface area contributed by atoms with Gasteiger partial charge in [0.05, 0.1) is 5.75 Å². The second-order valence-corrected chi connectivity index (χ2v) is 7.15. The molecule has 1 saturated carbocycles. The molecule has 1 fully saturated rings. The number of halogens is 1. The molecule has 1 aliphatic rings. The van der Waals surface area contributed by atoms with Crippen molar-refractivity contribution in [3.8, 4) is 0 Å². The van der Waals surface area contributed by atoms with Gasteiger partial charge in [0.25, 0.3) is 0 Å². The van der Waals surface area contributed by atoms with Crippen molar-refractivity contribution in [3.63, 3.8) is 0 Å². The Morgan fingerprint density at radius 2 is 1.95 bits per heavy atom. The summed E-state index contributed by atoms with van der Waals surface area (Å²) in [6, 6.07) is 5.50. The fourth-order valence-corrected chi connectivity index (χ4v) is 4.58. The van der Waals surface area contributed by atoms with Gasteiger partial charge in [-0.1, -0.05) is 25.0 Å². The number of rotatable bonds is 5. The van der Waals surface area contributed by atoms with Crippen LogP contribution in [-0.2, 0) is 9.84 Å². The van der Waals surface area contributed by atoms with Crippen molar-refractivity contribution in [3.05, 3.63) is 30.1 Å². The van der Waals surface area contributed by atoms with Crippen LogP contribution in [0.25, 0.3) is 0 Å². The predicted molar refractivity (Wildman–Crippen MR) is 73.3 cm³/mol. The summed E-state index contributed by atoms with van der Waals surface area (Å²) >= 11 is 0. The number of nitrogens with one attached hydrogen (secondary N) is 1. The highest BCUT2D eigenvalue weighted by atomic mass is 32.2. The zero-order valence-electron chi connectivity index (χ0n) is 11.1. The molecule has 0 amide bonds. The highest BCUT2D eigenvalue weighted by Crippen LogP contribution is 2.29. The van der Waals surface area contributed by atoms with Crippen molar-refractivity contribution in [1.29, 1.82) is 0 Å². The SMILES string of the molecule is CNC(CS(=O)(=O)c1ccccc1F)C1CCCC1. The lowest BCUT2D eigenvalue weighted by Crippen LogP contribution is -2.38. The maximum Gasteiger partial charge on any atom is 0.182 e. The average molecular weight is 285 g/mol. The molecular formula is C14H20FNO2S. The standard InChI is InChI=1S/C14H20FNO2S/c1-16-13(11-6-2-3-7-11)10-19(17,18)14-9-5-4-8-12(14)15/h4-5,8-9,11,13,16H,2-3,6-7,10H2,1H3. The van der Waals surface area contributed by atoms with E-state index in [0.717, 1.165) is 25.7 Å². The number of hydrogen-bond donors (Lipinski definition) is 1. The molecule has 1 aromatic carbocycles. The zero-order valence-corrected chi connectivity index (χ0v) is 11.9. The van der Waals surface area contributed by atoms with Crippen LogP contribution in [0.2, 0.25) is 0 Å². The van der Waals surface area contributed by atoms with Crippen LogP contribution in [0.5, 0.6) is 0 Å². The van der Waals surface area contributed by atoms with Gasteiger partial charge in [-0.3, -0.25) is 0 Å². The molecule has 0 spiro atoms. The smallest absolute Gasteiger partial charge is 0.182 e. The first-order valence-electron chi connectivity index (χ1n) is 6.69. The highest BCUT2D eigenvalue weighted by molar-refractivity contribution is 7.91. The third-order valence-corrected chi connectivity index (χ3v) is 5.71. The summed E-state index contributed by atoms with van der Waals surface area (Å²) in [6.45, 7) is 0. The Balaban J connectivity index is 2.18. The third-order valence-electron chi connectivity index (χ3n) is 3.91. The van der Waals surface area contributed by atoms with E-state index >= 15 is 0 Å². The maximum atomic E-state index is 13.6. The average Bonchev–Trinajstić information content (AvgIpc) is 2.90. The van der Waals surface area contributed by atoms with Gasteiger partial charge >= 0.3 is 0 Å². The lowest BCUT2D eigenvalue weighted by molar-refractivity contribution is 0.403. The van der Waals surface area contributed by atoms with Crippen LogP contribution in [0, 0.1) is 11.7 Å². The number of hydrogen-bond acceptors (Lipinski definition) is 3. The van der Waals surface area contributed by atoms with Gasteiger partial charge in [-0.05, 0) is 37.9 Å². The van der Waals surface area contributed by atoms with Crippen molar-refractivity contribution in [2.75, 3.05) is 12.8 Å². The highest BCUT2D eigenvalue weighted by Gasteiger charge is 2.30. The van der Waals surface area contributed by atoms with E-state index in [1.807, 2.05) is 0 Å². The molecule has 0 heterocycles. The Morgan fingerprint density at radius 3 is 2.53 bits per heavy atom.